The molecular weight excluding hydrogens is 368 g/mol. The van der Waals surface area contributed by atoms with Gasteiger partial charge < -0.3 is 10.6 Å². The van der Waals surface area contributed by atoms with Crippen molar-refractivity contribution < 1.29 is 4.79 Å². The number of halogens is 1. The van der Waals surface area contributed by atoms with Crippen molar-refractivity contribution in [1.82, 2.24) is 10.6 Å². The zero-order valence-electron chi connectivity index (χ0n) is 17.0. The average molecular weight is 402 g/mol. The highest BCUT2D eigenvalue weighted by atomic mass is 35.5. The molecule has 1 aromatic carbocycles. The summed E-state index contributed by atoms with van der Waals surface area (Å²) in [6, 6.07) is 5.76. The molecule has 1 aromatic rings. The highest BCUT2D eigenvalue weighted by Crippen LogP contribution is 2.24. The first-order chi connectivity index (χ1) is 12.7. The minimum absolute atomic E-state index is 0. The van der Waals surface area contributed by atoms with Crippen molar-refractivity contribution in [1.29, 1.82) is 0 Å². The molecule has 1 saturated carbocycles. The van der Waals surface area contributed by atoms with E-state index >= 15 is 0 Å². The molecule has 4 heteroatoms. The molecule has 2 aliphatic rings. The first-order valence-corrected chi connectivity index (χ1v) is 10.4. The number of carbonyl (C=O) groups is 1. The summed E-state index contributed by atoms with van der Waals surface area (Å²) in [6.07, 6.45) is 13.1. The fourth-order valence-electron chi connectivity index (χ4n) is 3.82. The molecule has 1 aliphatic heterocycles. The lowest BCUT2D eigenvalue weighted by Gasteiger charge is -2.19. The second-order valence-corrected chi connectivity index (χ2v) is 7.90. The lowest BCUT2D eigenvalue weighted by molar-refractivity contribution is 0.0954. The molecule has 0 bridgehead atoms. The van der Waals surface area contributed by atoms with E-state index in [9.17, 15) is 4.79 Å². The third-order valence-corrected chi connectivity index (χ3v) is 5.74. The summed E-state index contributed by atoms with van der Waals surface area (Å²) in [4.78, 5) is 12.7. The van der Waals surface area contributed by atoms with Gasteiger partial charge >= 0.3 is 0 Å². The molecule has 153 valence electrons. The van der Waals surface area contributed by atoms with E-state index in [0.717, 1.165) is 44.3 Å². The molecule has 1 amide bonds. The summed E-state index contributed by atoms with van der Waals surface area (Å²) in [6.45, 7) is 2.75. The van der Waals surface area contributed by atoms with Crippen LogP contribution in [0.1, 0.15) is 73.7 Å². The number of hydrogen-bond donors (Lipinski definition) is 2. The van der Waals surface area contributed by atoms with Gasteiger partial charge in [-0.2, -0.15) is 0 Å². The first kappa shape index (κ1) is 24.7. The number of hydrogen-bond acceptors (Lipinski definition) is 2. The van der Waals surface area contributed by atoms with Gasteiger partial charge in [-0.05, 0) is 62.4 Å². The Morgan fingerprint density at radius 1 is 1.00 bits per heavy atom. The van der Waals surface area contributed by atoms with E-state index in [0.29, 0.717) is 17.1 Å². The van der Waals surface area contributed by atoms with E-state index in [1.165, 1.54) is 43.6 Å². The Kier molecular flexibility index (Phi) is 11.5. The van der Waals surface area contributed by atoms with E-state index in [-0.39, 0.29) is 20.8 Å². The molecule has 3 nitrogen and oxygen atoms in total. The van der Waals surface area contributed by atoms with Crippen LogP contribution in [0.3, 0.4) is 0 Å². The largest absolute Gasteiger partial charge is 0.351 e. The summed E-state index contributed by atoms with van der Waals surface area (Å²) in [5.41, 5.74) is 3.08. The number of carbonyl (C=O) groups excluding carboxylic acids is 1. The Labute approximate surface area is 177 Å². The maximum atomic E-state index is 12.7. The number of piperidine rings is 1. The second kappa shape index (κ2) is 13.0. The van der Waals surface area contributed by atoms with Gasteiger partial charge in [0.15, 0.2) is 0 Å². The maximum Gasteiger partial charge on any atom is 0.252 e. The Bertz CT molecular complexity index is 625. The van der Waals surface area contributed by atoms with E-state index in [4.69, 9.17) is 11.6 Å². The van der Waals surface area contributed by atoms with Crippen LogP contribution in [0.25, 0.3) is 6.08 Å². The minimum atomic E-state index is -0.0601. The topological polar surface area (TPSA) is 41.1 Å². The van der Waals surface area contributed by atoms with Gasteiger partial charge in [-0.3, -0.25) is 4.79 Å². The van der Waals surface area contributed by atoms with Crippen LogP contribution in [0.4, 0.5) is 0 Å². The zero-order valence-corrected chi connectivity index (χ0v) is 17.8. The normalized spacial score (nSPS) is 18.1. The number of nitrogens with one attached hydrogen (secondary N) is 2. The molecule has 28 heavy (non-hydrogen) atoms. The lowest BCUT2D eigenvalue weighted by atomic mass is 9.91. The Balaban J connectivity index is 0.00000196. The van der Waals surface area contributed by atoms with Crippen LogP contribution in [0, 0.1) is 20.8 Å². The monoisotopic (exact) mass is 401 g/mol. The van der Waals surface area contributed by atoms with Crippen LogP contribution in [-0.2, 0) is 0 Å². The van der Waals surface area contributed by atoms with Crippen molar-refractivity contribution in [2.45, 2.75) is 57.8 Å². The highest BCUT2D eigenvalue weighted by molar-refractivity contribution is 6.33. The van der Waals surface area contributed by atoms with Gasteiger partial charge in [0, 0.05) is 6.54 Å². The summed E-state index contributed by atoms with van der Waals surface area (Å²) in [7, 11) is 0. The Hall–Kier alpha value is -1.32. The van der Waals surface area contributed by atoms with E-state index in [1.54, 1.807) is 0 Å². The van der Waals surface area contributed by atoms with Crippen LogP contribution in [0.15, 0.2) is 23.8 Å². The standard InChI is InChI=1S/C22H30ClN2O.2CH2/c23-21-9-8-19(14-17-10-12-24-13-11-17)15-20(21)22(26)25-16-18-6-4-2-1-3-5-7-18;;/h8-9,14-15,24H,1-7,10-13,16H2,(H,25,26);2*1H2. The molecule has 0 aromatic heterocycles. The predicted molar refractivity (Wildman–Crippen MR) is 120 cm³/mol. The van der Waals surface area contributed by atoms with Gasteiger partial charge in [0.25, 0.3) is 5.91 Å². The van der Waals surface area contributed by atoms with E-state index in [1.807, 2.05) is 18.2 Å². The molecular formula is C24H34ClN2O. The van der Waals surface area contributed by atoms with E-state index in [2.05, 4.69) is 16.7 Å². The van der Waals surface area contributed by atoms with Crippen LogP contribution in [-0.4, -0.2) is 25.5 Å². The van der Waals surface area contributed by atoms with Gasteiger partial charge in [-0.15, -0.1) is 0 Å². The molecule has 0 spiro atoms. The number of rotatable bonds is 4. The van der Waals surface area contributed by atoms with Crippen molar-refractivity contribution in [3.63, 3.8) is 0 Å². The van der Waals surface area contributed by atoms with Gasteiger partial charge in [0.05, 0.1) is 10.6 Å². The molecule has 1 saturated heterocycles. The summed E-state index contributed by atoms with van der Waals surface area (Å²) in [5, 5.41) is 6.99. The molecule has 0 atom stereocenters. The molecule has 2 fully saturated rings. The SMILES string of the molecule is O=C(NC[C]1CCCCCCC1)c1cc(C=C2CCNCC2)ccc1Cl.[CH2].[CH2]. The third-order valence-electron chi connectivity index (χ3n) is 5.41. The molecule has 5 radical (unpaired) electrons. The van der Waals surface area contributed by atoms with Gasteiger partial charge in [0.1, 0.15) is 0 Å². The van der Waals surface area contributed by atoms with Crippen molar-refractivity contribution in [3.05, 3.63) is 60.7 Å². The summed E-state index contributed by atoms with van der Waals surface area (Å²) < 4.78 is 0. The smallest absolute Gasteiger partial charge is 0.252 e. The summed E-state index contributed by atoms with van der Waals surface area (Å²) >= 11 is 6.30. The van der Waals surface area contributed by atoms with Crippen molar-refractivity contribution in [3.8, 4) is 0 Å². The molecule has 2 N–H and O–H groups in total. The molecule has 1 heterocycles. The maximum absolute atomic E-state index is 12.7. The fraction of sp³-hybridized carbons (Fsp3) is 0.500. The molecule has 0 unspecified atom stereocenters. The van der Waals surface area contributed by atoms with Crippen LogP contribution in [0.5, 0.6) is 0 Å². The van der Waals surface area contributed by atoms with Crippen LogP contribution in [0.2, 0.25) is 5.02 Å². The lowest BCUT2D eigenvalue weighted by Crippen LogP contribution is -2.29. The van der Waals surface area contributed by atoms with Crippen molar-refractivity contribution >= 4 is 23.6 Å². The molecule has 3 rings (SSSR count). The Morgan fingerprint density at radius 3 is 2.32 bits per heavy atom. The van der Waals surface area contributed by atoms with Gasteiger partial charge in [-0.1, -0.05) is 76.3 Å². The second-order valence-electron chi connectivity index (χ2n) is 7.49. The van der Waals surface area contributed by atoms with Gasteiger partial charge in [-0.25, -0.2) is 0 Å². The summed E-state index contributed by atoms with van der Waals surface area (Å²) in [5.74, 6) is 1.41. The minimum Gasteiger partial charge on any atom is -0.351 e. The van der Waals surface area contributed by atoms with Crippen molar-refractivity contribution in [2.24, 2.45) is 0 Å². The number of amides is 1. The quantitative estimate of drug-likeness (QED) is 0.668. The van der Waals surface area contributed by atoms with E-state index < -0.39 is 0 Å². The predicted octanol–water partition coefficient (Wildman–Crippen LogP) is 5.81. The first-order valence-electron chi connectivity index (χ1n) is 10.0. The van der Waals surface area contributed by atoms with Crippen LogP contribution >= 0.6 is 11.6 Å². The third kappa shape index (κ3) is 7.60. The fourth-order valence-corrected chi connectivity index (χ4v) is 4.02. The number of benzene rings is 1. The van der Waals surface area contributed by atoms with Gasteiger partial charge in [0.2, 0.25) is 0 Å². The highest BCUT2D eigenvalue weighted by Gasteiger charge is 2.16. The molecule has 1 aliphatic carbocycles. The Morgan fingerprint density at radius 2 is 1.64 bits per heavy atom. The zero-order chi connectivity index (χ0) is 18.2. The van der Waals surface area contributed by atoms with Crippen LogP contribution < -0.4 is 10.6 Å². The average Bonchev–Trinajstić information content (AvgIpc) is 2.63. The van der Waals surface area contributed by atoms with Crippen molar-refractivity contribution in [2.75, 3.05) is 19.6 Å².